The SMILES string of the molecule is CC(C)(C)c1ccc(N2CCC(NC3CCCC3C3COCCN3)CC2)cc1.Cl. The highest BCUT2D eigenvalue weighted by Crippen LogP contribution is 2.31. The summed E-state index contributed by atoms with van der Waals surface area (Å²) in [6.45, 7) is 11.9. The van der Waals surface area contributed by atoms with E-state index < -0.39 is 0 Å². The van der Waals surface area contributed by atoms with Crippen molar-refractivity contribution in [2.24, 2.45) is 5.92 Å². The second kappa shape index (κ2) is 10.00. The number of nitrogens with one attached hydrogen (secondary N) is 2. The van der Waals surface area contributed by atoms with E-state index in [0.29, 0.717) is 18.1 Å². The van der Waals surface area contributed by atoms with E-state index in [9.17, 15) is 0 Å². The molecule has 164 valence electrons. The number of rotatable bonds is 4. The number of piperidine rings is 1. The van der Waals surface area contributed by atoms with E-state index in [-0.39, 0.29) is 17.8 Å². The number of anilines is 1. The first-order chi connectivity index (χ1) is 13.5. The fourth-order valence-corrected chi connectivity index (χ4v) is 5.32. The van der Waals surface area contributed by atoms with Gasteiger partial charge in [-0.1, -0.05) is 39.3 Å². The van der Waals surface area contributed by atoms with Crippen LogP contribution in [0.15, 0.2) is 24.3 Å². The monoisotopic (exact) mass is 421 g/mol. The van der Waals surface area contributed by atoms with Gasteiger partial charge in [0.25, 0.3) is 0 Å². The van der Waals surface area contributed by atoms with Crippen LogP contribution in [0.4, 0.5) is 5.69 Å². The summed E-state index contributed by atoms with van der Waals surface area (Å²) in [5.41, 5.74) is 3.03. The number of benzene rings is 1. The van der Waals surface area contributed by atoms with Crippen molar-refractivity contribution in [3.8, 4) is 0 Å². The summed E-state index contributed by atoms with van der Waals surface area (Å²) in [7, 11) is 0. The van der Waals surface area contributed by atoms with E-state index in [1.807, 2.05) is 0 Å². The Morgan fingerprint density at radius 1 is 1.03 bits per heavy atom. The molecule has 3 atom stereocenters. The molecule has 2 saturated heterocycles. The minimum atomic E-state index is 0. The van der Waals surface area contributed by atoms with Gasteiger partial charge in [-0.15, -0.1) is 12.4 Å². The maximum Gasteiger partial charge on any atom is 0.0623 e. The van der Waals surface area contributed by atoms with Gasteiger partial charge in [-0.25, -0.2) is 0 Å². The maximum atomic E-state index is 5.73. The molecule has 1 aromatic rings. The zero-order valence-electron chi connectivity index (χ0n) is 18.5. The first-order valence-electron chi connectivity index (χ1n) is 11.4. The lowest BCUT2D eigenvalue weighted by Gasteiger charge is -2.38. The molecule has 1 aromatic carbocycles. The molecule has 0 amide bonds. The van der Waals surface area contributed by atoms with E-state index in [0.717, 1.165) is 38.8 Å². The molecule has 2 N–H and O–H groups in total. The Bertz CT molecular complexity index is 616. The lowest BCUT2D eigenvalue weighted by molar-refractivity contribution is 0.0514. The molecule has 3 fully saturated rings. The average molecular weight is 422 g/mol. The van der Waals surface area contributed by atoms with Crippen LogP contribution in [0.25, 0.3) is 0 Å². The highest BCUT2D eigenvalue weighted by atomic mass is 35.5. The molecule has 1 aliphatic carbocycles. The van der Waals surface area contributed by atoms with Crippen molar-refractivity contribution < 1.29 is 4.74 Å². The summed E-state index contributed by atoms with van der Waals surface area (Å²) in [4.78, 5) is 2.56. The van der Waals surface area contributed by atoms with Gasteiger partial charge in [0.1, 0.15) is 0 Å². The van der Waals surface area contributed by atoms with Crippen LogP contribution in [0.3, 0.4) is 0 Å². The van der Waals surface area contributed by atoms with Crippen molar-refractivity contribution >= 4 is 18.1 Å². The van der Waals surface area contributed by atoms with Crippen LogP contribution >= 0.6 is 12.4 Å². The lowest BCUT2D eigenvalue weighted by atomic mass is 9.87. The Kier molecular flexibility index (Phi) is 7.88. The van der Waals surface area contributed by atoms with Gasteiger partial charge < -0.3 is 20.3 Å². The van der Waals surface area contributed by atoms with Crippen LogP contribution in [0.5, 0.6) is 0 Å². The van der Waals surface area contributed by atoms with Crippen LogP contribution in [-0.2, 0) is 10.2 Å². The molecule has 4 nitrogen and oxygen atoms in total. The summed E-state index contributed by atoms with van der Waals surface area (Å²) < 4.78 is 5.73. The van der Waals surface area contributed by atoms with Crippen molar-refractivity contribution in [1.29, 1.82) is 0 Å². The van der Waals surface area contributed by atoms with Crippen LogP contribution < -0.4 is 15.5 Å². The summed E-state index contributed by atoms with van der Waals surface area (Å²) in [6.07, 6.45) is 6.53. The van der Waals surface area contributed by atoms with Gasteiger partial charge in [0.15, 0.2) is 0 Å². The largest absolute Gasteiger partial charge is 0.379 e. The van der Waals surface area contributed by atoms with Crippen molar-refractivity contribution in [3.05, 3.63) is 29.8 Å². The summed E-state index contributed by atoms with van der Waals surface area (Å²) in [5.74, 6) is 0.739. The number of hydrogen-bond donors (Lipinski definition) is 2. The molecular formula is C24H40ClN3O. The first-order valence-corrected chi connectivity index (χ1v) is 11.4. The van der Waals surface area contributed by atoms with Crippen LogP contribution in [0, 0.1) is 5.92 Å². The molecular weight excluding hydrogens is 382 g/mol. The molecule has 3 unspecified atom stereocenters. The van der Waals surface area contributed by atoms with Crippen molar-refractivity contribution in [3.63, 3.8) is 0 Å². The second-order valence-electron chi connectivity index (χ2n) is 10.1. The van der Waals surface area contributed by atoms with E-state index in [1.54, 1.807) is 0 Å². The summed E-state index contributed by atoms with van der Waals surface area (Å²) in [6, 6.07) is 11.1. The first kappa shape index (κ1) is 22.9. The minimum absolute atomic E-state index is 0. The Balaban J connectivity index is 0.00000240. The molecule has 1 saturated carbocycles. The van der Waals surface area contributed by atoms with E-state index >= 15 is 0 Å². The topological polar surface area (TPSA) is 36.5 Å². The van der Waals surface area contributed by atoms with E-state index in [4.69, 9.17) is 4.74 Å². The van der Waals surface area contributed by atoms with Crippen molar-refractivity contribution in [2.75, 3.05) is 37.7 Å². The fraction of sp³-hybridized carbons (Fsp3) is 0.750. The van der Waals surface area contributed by atoms with Crippen LogP contribution in [0.1, 0.15) is 58.4 Å². The molecule has 0 aromatic heterocycles. The summed E-state index contributed by atoms with van der Waals surface area (Å²) >= 11 is 0. The molecule has 5 heteroatoms. The third kappa shape index (κ3) is 5.66. The van der Waals surface area contributed by atoms with Gasteiger partial charge in [-0.05, 0) is 54.7 Å². The standard InChI is InChI=1S/C24H39N3O.ClH/c1-24(2,3)18-7-9-20(10-8-18)27-14-11-19(12-15-27)26-22-6-4-5-21(22)23-17-28-16-13-25-23;/h7-10,19,21-23,25-26H,4-6,11-17H2,1-3H3;1H. The highest BCUT2D eigenvalue weighted by Gasteiger charge is 2.36. The lowest BCUT2D eigenvalue weighted by Crippen LogP contribution is -2.53. The molecule has 2 heterocycles. The van der Waals surface area contributed by atoms with Crippen LogP contribution in [0.2, 0.25) is 0 Å². The molecule has 0 spiro atoms. The van der Waals surface area contributed by atoms with Gasteiger partial charge >= 0.3 is 0 Å². The number of hydrogen-bond acceptors (Lipinski definition) is 4. The molecule has 4 rings (SSSR count). The predicted molar refractivity (Wildman–Crippen MR) is 124 cm³/mol. The van der Waals surface area contributed by atoms with Gasteiger partial charge in [0.05, 0.1) is 13.2 Å². The quantitative estimate of drug-likeness (QED) is 0.766. The molecule has 2 aliphatic heterocycles. The average Bonchev–Trinajstić information content (AvgIpc) is 3.17. The van der Waals surface area contributed by atoms with Crippen molar-refractivity contribution in [2.45, 2.75) is 76.4 Å². The molecule has 0 bridgehead atoms. The number of ether oxygens (including phenoxy) is 1. The van der Waals surface area contributed by atoms with E-state index in [1.165, 1.54) is 43.4 Å². The number of halogens is 1. The van der Waals surface area contributed by atoms with Gasteiger partial charge in [0.2, 0.25) is 0 Å². The Morgan fingerprint density at radius 2 is 1.76 bits per heavy atom. The molecule has 0 radical (unpaired) electrons. The normalized spacial score (nSPS) is 28.9. The maximum absolute atomic E-state index is 5.73. The zero-order valence-corrected chi connectivity index (χ0v) is 19.3. The Hall–Kier alpha value is -0.810. The Labute approximate surface area is 183 Å². The molecule has 29 heavy (non-hydrogen) atoms. The zero-order chi connectivity index (χ0) is 19.6. The third-order valence-electron chi connectivity index (χ3n) is 7.08. The Morgan fingerprint density at radius 3 is 2.38 bits per heavy atom. The number of morpholine rings is 1. The van der Waals surface area contributed by atoms with Gasteiger partial charge in [0, 0.05) is 43.4 Å². The smallest absolute Gasteiger partial charge is 0.0623 e. The summed E-state index contributed by atoms with van der Waals surface area (Å²) in [5, 5.41) is 7.74. The van der Waals surface area contributed by atoms with Crippen molar-refractivity contribution in [1.82, 2.24) is 10.6 Å². The molecule has 3 aliphatic rings. The number of nitrogens with zero attached hydrogens (tertiary/aromatic N) is 1. The fourth-order valence-electron chi connectivity index (χ4n) is 5.32. The second-order valence-corrected chi connectivity index (χ2v) is 10.1. The third-order valence-corrected chi connectivity index (χ3v) is 7.08. The predicted octanol–water partition coefficient (Wildman–Crippen LogP) is 4.12. The van der Waals surface area contributed by atoms with Gasteiger partial charge in [-0.3, -0.25) is 0 Å². The van der Waals surface area contributed by atoms with E-state index in [2.05, 4.69) is 60.6 Å². The minimum Gasteiger partial charge on any atom is -0.379 e. The van der Waals surface area contributed by atoms with Crippen LogP contribution in [-0.4, -0.2) is 51.0 Å². The highest BCUT2D eigenvalue weighted by molar-refractivity contribution is 5.85. The van der Waals surface area contributed by atoms with Gasteiger partial charge in [-0.2, -0.15) is 0 Å².